The molecule has 4 N–H and O–H groups in total. The molecule has 268 valence electrons. The summed E-state index contributed by atoms with van der Waals surface area (Å²) >= 11 is 0. The predicted octanol–water partition coefficient (Wildman–Crippen LogP) is 14.3. The van der Waals surface area contributed by atoms with Crippen LogP contribution in [0.3, 0.4) is 0 Å². The van der Waals surface area contributed by atoms with E-state index in [1.807, 2.05) is 0 Å². The Morgan fingerprint density at radius 1 is 0.378 bits per heavy atom. The number of rotatable bonds is 38. The van der Waals surface area contributed by atoms with E-state index in [9.17, 15) is 9.59 Å². The van der Waals surface area contributed by atoms with Crippen molar-refractivity contribution in [3.8, 4) is 0 Å². The molecule has 0 fully saturated rings. The Morgan fingerprint density at radius 3 is 0.844 bits per heavy atom. The lowest BCUT2D eigenvalue weighted by atomic mass is 10.0. The fourth-order valence-electron chi connectivity index (χ4n) is 5.33. The van der Waals surface area contributed by atoms with Crippen LogP contribution in [0.15, 0.2) is 0 Å². The summed E-state index contributed by atoms with van der Waals surface area (Å²) in [6, 6.07) is 0. The van der Waals surface area contributed by atoms with Crippen molar-refractivity contribution in [2.24, 2.45) is 11.5 Å². The molecule has 4 nitrogen and oxygen atoms in total. The van der Waals surface area contributed by atoms with Gasteiger partial charge in [-0.2, -0.15) is 0 Å². The first-order valence-electron chi connectivity index (χ1n) is 18.3. The normalized spacial score (nSPS) is 12.8. The molecule has 0 aromatic carbocycles. The molecular weight excluding hydrogens is 693 g/mol. The Labute approximate surface area is 305 Å². The average Bonchev–Trinajstić information content (AvgIpc) is 3.02. The number of carbonyl (C=O) groups is 2. The van der Waals surface area contributed by atoms with E-state index < -0.39 is 0 Å². The van der Waals surface area contributed by atoms with Gasteiger partial charge in [-0.3, -0.25) is 9.59 Å². The van der Waals surface area contributed by atoms with E-state index in [0.717, 1.165) is 25.7 Å². The van der Waals surface area contributed by atoms with Crippen LogP contribution in [-0.4, -0.2) is 22.3 Å². The summed E-state index contributed by atoms with van der Waals surface area (Å²) in [6.07, 6.45) is 36.4. The smallest absolute Gasteiger partial charge is 0.231 e. The maximum absolute atomic E-state index is 11.9. The number of carbonyl (C=O) groups excluding carboxylic acids is 2. The number of nitrogens with two attached hydrogens (primary N) is 2. The summed E-state index contributed by atoms with van der Waals surface area (Å²) in [5.74, 6) is -0.404. The van der Waals surface area contributed by atoms with E-state index in [-0.39, 0.29) is 22.3 Å². The van der Waals surface area contributed by atoms with Crippen LogP contribution in [0.2, 0.25) is 0 Å². The Kier molecular flexibility index (Phi) is 39.4. The molecule has 0 aliphatic heterocycles. The van der Waals surface area contributed by atoms with E-state index >= 15 is 0 Å². The Bertz CT molecular complexity index is 598. The maximum Gasteiger partial charge on any atom is 0.231 e. The van der Waals surface area contributed by atoms with Gasteiger partial charge in [0.1, 0.15) is 0 Å². The molecule has 0 aromatic rings. The molecule has 0 rings (SSSR count). The van der Waals surface area contributed by atoms with Crippen LogP contribution in [0, 0.1) is 0 Å². The van der Waals surface area contributed by atoms with Crippen molar-refractivity contribution in [3.05, 3.63) is 0 Å². The van der Waals surface area contributed by atoms with Gasteiger partial charge < -0.3 is 11.5 Å². The van der Waals surface area contributed by atoms with Crippen LogP contribution in [-0.2, 0) is 9.59 Å². The van der Waals surface area contributed by atoms with Crippen molar-refractivity contribution in [2.75, 3.05) is 0 Å². The van der Waals surface area contributed by atoms with Crippen LogP contribution in [0.1, 0.15) is 194 Å². The van der Waals surface area contributed by atoms with Gasteiger partial charge in [0.25, 0.3) is 0 Å². The highest BCUT2D eigenvalue weighted by Crippen LogP contribution is 2.56. The molecule has 0 spiro atoms. The van der Waals surface area contributed by atoms with E-state index in [4.69, 9.17) is 11.5 Å². The van der Waals surface area contributed by atoms with Crippen molar-refractivity contribution in [1.29, 1.82) is 0 Å². The standard InChI is InChI=1S/C34H68N2O2S7/c1-3-5-7-9-11-13-15-17-19-21-23-25-27-29-31(33(35)37)39-41-43-45-44-42-40-32(34(36)38)30-28-26-24-22-20-18-16-14-12-10-8-6-4-2/h31-32H,3-30H2,1-2H3,(H2,35,37)(H2,36,38). The number of unbranched alkanes of at least 4 members (excludes halogenated alkanes) is 24. The van der Waals surface area contributed by atoms with Gasteiger partial charge in [-0.25, -0.2) is 0 Å². The zero-order valence-electron chi connectivity index (χ0n) is 28.8. The lowest BCUT2D eigenvalue weighted by molar-refractivity contribution is -0.118. The van der Waals surface area contributed by atoms with Crippen molar-refractivity contribution >= 4 is 82.5 Å². The third-order valence-corrected chi connectivity index (χ3v) is 21.9. The molecule has 2 atom stereocenters. The molecule has 45 heavy (non-hydrogen) atoms. The monoisotopic (exact) mass is 760 g/mol. The highest BCUT2D eigenvalue weighted by Gasteiger charge is 2.18. The molecule has 0 radical (unpaired) electrons. The molecule has 0 aliphatic rings. The maximum atomic E-state index is 11.9. The highest BCUT2D eigenvalue weighted by molar-refractivity contribution is 9.46. The minimum absolute atomic E-state index is 0.123. The summed E-state index contributed by atoms with van der Waals surface area (Å²) in [6.45, 7) is 4.55. The topological polar surface area (TPSA) is 86.2 Å². The lowest BCUT2D eigenvalue weighted by Gasteiger charge is -2.12. The number of primary amides is 2. The van der Waals surface area contributed by atoms with Gasteiger partial charge in [0, 0.05) is 0 Å². The van der Waals surface area contributed by atoms with Crippen LogP contribution in [0.25, 0.3) is 0 Å². The van der Waals surface area contributed by atoms with Gasteiger partial charge in [0.2, 0.25) is 11.8 Å². The van der Waals surface area contributed by atoms with Gasteiger partial charge in [0.05, 0.1) is 10.5 Å². The van der Waals surface area contributed by atoms with Crippen LogP contribution < -0.4 is 11.5 Å². The zero-order chi connectivity index (χ0) is 33.1. The fourth-order valence-corrected chi connectivity index (χ4v) is 20.5. The third-order valence-electron chi connectivity index (χ3n) is 8.20. The predicted molar refractivity (Wildman–Crippen MR) is 220 cm³/mol. The number of hydrogen-bond acceptors (Lipinski definition) is 9. The molecule has 0 aromatic heterocycles. The summed E-state index contributed by atoms with van der Waals surface area (Å²) in [5.41, 5.74) is 11.3. The average molecular weight is 761 g/mol. The second-order valence-corrected chi connectivity index (χ2v) is 23.9. The molecule has 0 saturated carbocycles. The number of hydrogen-bond donors (Lipinski definition) is 2. The van der Waals surface area contributed by atoms with Crippen LogP contribution in [0.4, 0.5) is 0 Å². The molecule has 2 amide bonds. The summed E-state index contributed by atoms with van der Waals surface area (Å²) in [5, 5.41) is -0.246. The third kappa shape index (κ3) is 35.0. The summed E-state index contributed by atoms with van der Waals surface area (Å²) in [4.78, 5) is 23.8. The van der Waals surface area contributed by atoms with E-state index in [2.05, 4.69) is 13.8 Å². The molecule has 2 unspecified atom stereocenters. The minimum atomic E-state index is -0.202. The SMILES string of the molecule is CCCCCCCCCCCCCCCC(SSSSSSSC(CCCCCCCCCCCCCCC)C(N)=O)C(N)=O. The first kappa shape index (κ1) is 46.4. The molecular formula is C34H68N2O2S7. The molecule has 0 aliphatic carbocycles. The van der Waals surface area contributed by atoms with E-state index in [0.29, 0.717) is 0 Å². The molecule has 11 heteroatoms. The molecule has 0 bridgehead atoms. The van der Waals surface area contributed by atoms with Gasteiger partial charge >= 0.3 is 0 Å². The zero-order valence-corrected chi connectivity index (χ0v) is 34.5. The van der Waals surface area contributed by atoms with Crippen LogP contribution >= 0.6 is 70.7 Å². The number of amides is 2. The van der Waals surface area contributed by atoms with Crippen molar-refractivity contribution in [3.63, 3.8) is 0 Å². The quantitative estimate of drug-likeness (QED) is 0.0472. The fraction of sp³-hybridized carbons (Fsp3) is 0.941. The van der Waals surface area contributed by atoms with E-state index in [1.54, 1.807) is 70.7 Å². The second kappa shape index (κ2) is 38.2. The molecule has 0 saturated heterocycles. The van der Waals surface area contributed by atoms with Crippen molar-refractivity contribution < 1.29 is 9.59 Å². The first-order chi connectivity index (χ1) is 22.0. The highest BCUT2D eigenvalue weighted by atomic mass is 33.9. The van der Waals surface area contributed by atoms with Gasteiger partial charge in [-0.1, -0.05) is 202 Å². The largest absolute Gasteiger partial charge is 0.369 e. The van der Waals surface area contributed by atoms with Crippen molar-refractivity contribution in [2.45, 2.75) is 204 Å². The Balaban J connectivity index is 3.66. The van der Waals surface area contributed by atoms with Crippen molar-refractivity contribution in [1.82, 2.24) is 0 Å². The van der Waals surface area contributed by atoms with Gasteiger partial charge in [-0.05, 0) is 62.0 Å². The second-order valence-electron chi connectivity index (χ2n) is 12.4. The molecule has 0 heterocycles. The Hall–Kier alpha value is 1.39. The summed E-state index contributed by atoms with van der Waals surface area (Å²) < 4.78 is 0. The first-order valence-corrected chi connectivity index (χ1v) is 27.2. The van der Waals surface area contributed by atoms with Crippen LogP contribution in [0.5, 0.6) is 0 Å². The van der Waals surface area contributed by atoms with E-state index in [1.165, 1.54) is 154 Å². The lowest BCUT2D eigenvalue weighted by Crippen LogP contribution is -2.24. The Morgan fingerprint density at radius 2 is 0.600 bits per heavy atom. The minimum Gasteiger partial charge on any atom is -0.369 e. The van der Waals surface area contributed by atoms with Gasteiger partial charge in [0.15, 0.2) is 0 Å². The van der Waals surface area contributed by atoms with Gasteiger partial charge in [-0.15, -0.1) is 0 Å². The summed E-state index contributed by atoms with van der Waals surface area (Å²) in [7, 11) is 11.4.